The van der Waals surface area contributed by atoms with E-state index < -0.39 is 0 Å². The minimum atomic E-state index is 0.0467. The van der Waals surface area contributed by atoms with E-state index >= 15 is 0 Å². The highest BCUT2D eigenvalue weighted by Gasteiger charge is 2.33. The van der Waals surface area contributed by atoms with Gasteiger partial charge in [0.2, 0.25) is 0 Å². The number of carbonyl (C=O) groups excluding carboxylic acids is 2. The Morgan fingerprint density at radius 1 is 0.522 bits per heavy atom. The highest BCUT2D eigenvalue weighted by molar-refractivity contribution is 5.90. The van der Waals surface area contributed by atoms with Crippen LogP contribution in [0.2, 0.25) is 0 Å². The Bertz CT molecular complexity index is 1130. The van der Waals surface area contributed by atoms with Gasteiger partial charge in [-0.15, -0.1) is 0 Å². The molecule has 2 aromatic rings. The van der Waals surface area contributed by atoms with Crippen molar-refractivity contribution in [2.24, 2.45) is 11.8 Å². The van der Waals surface area contributed by atoms with Crippen molar-refractivity contribution in [1.82, 2.24) is 9.80 Å². The van der Waals surface area contributed by atoms with Gasteiger partial charge in [0.1, 0.15) is 0 Å². The van der Waals surface area contributed by atoms with Gasteiger partial charge in [0.25, 0.3) is 0 Å². The highest BCUT2D eigenvalue weighted by Crippen LogP contribution is 2.34. The first-order valence-corrected chi connectivity index (χ1v) is 18.0. The number of nitrogens with zero attached hydrogens (tertiary/aromatic N) is 4. The zero-order chi connectivity index (χ0) is 32.5. The number of hydrogen-bond donors (Lipinski definition) is 2. The van der Waals surface area contributed by atoms with Crippen molar-refractivity contribution in [2.45, 2.75) is 102 Å². The van der Waals surface area contributed by atoms with E-state index in [1.807, 2.05) is 52.5 Å². The Balaban J connectivity index is 1.18. The van der Waals surface area contributed by atoms with Crippen LogP contribution in [0.5, 0.6) is 0 Å². The molecule has 0 unspecified atom stereocenters. The Hall–Kier alpha value is -3.42. The maximum Gasteiger partial charge on any atom is 0.322 e. The first-order chi connectivity index (χ1) is 22.3. The Kier molecular flexibility index (Phi) is 12.1. The van der Waals surface area contributed by atoms with E-state index in [4.69, 9.17) is 0 Å². The van der Waals surface area contributed by atoms with E-state index in [1.54, 1.807) is 0 Å². The summed E-state index contributed by atoms with van der Waals surface area (Å²) < 4.78 is 0. The average molecular weight is 631 g/mol. The van der Waals surface area contributed by atoms with Crippen LogP contribution in [0.4, 0.5) is 32.3 Å². The number of hydrogen-bond acceptors (Lipinski definition) is 4. The van der Waals surface area contributed by atoms with Crippen LogP contribution in [-0.2, 0) is 0 Å². The van der Waals surface area contributed by atoms with E-state index in [-0.39, 0.29) is 12.1 Å². The largest absolute Gasteiger partial charge is 0.378 e. The summed E-state index contributed by atoms with van der Waals surface area (Å²) in [5.74, 6) is 1.01. The van der Waals surface area contributed by atoms with Crippen LogP contribution in [0, 0.1) is 11.8 Å². The summed E-state index contributed by atoms with van der Waals surface area (Å²) in [6.45, 7) is 1.66. The average Bonchev–Trinajstić information content (AvgIpc) is 3.08. The van der Waals surface area contributed by atoms with Crippen molar-refractivity contribution in [1.29, 1.82) is 0 Å². The molecule has 5 rings (SSSR count). The lowest BCUT2D eigenvalue weighted by atomic mass is 9.80. The van der Waals surface area contributed by atoms with Gasteiger partial charge >= 0.3 is 12.1 Å². The zero-order valence-electron chi connectivity index (χ0n) is 28.8. The van der Waals surface area contributed by atoms with Crippen LogP contribution in [0.15, 0.2) is 48.5 Å². The van der Waals surface area contributed by atoms with Crippen molar-refractivity contribution in [3.05, 3.63) is 48.5 Å². The van der Waals surface area contributed by atoms with Crippen LogP contribution in [-0.4, -0.2) is 75.2 Å². The predicted molar refractivity (Wildman–Crippen MR) is 192 cm³/mol. The molecule has 8 heteroatoms. The molecule has 3 aliphatic carbocycles. The number of anilines is 4. The second-order valence-corrected chi connectivity index (χ2v) is 14.5. The quantitative estimate of drug-likeness (QED) is 0.276. The molecule has 8 nitrogen and oxygen atoms in total. The van der Waals surface area contributed by atoms with E-state index in [1.165, 1.54) is 38.5 Å². The first-order valence-electron chi connectivity index (χ1n) is 18.0. The molecule has 0 saturated heterocycles. The molecule has 0 heterocycles. The molecule has 3 saturated carbocycles. The molecule has 0 aromatic heterocycles. The van der Waals surface area contributed by atoms with Crippen LogP contribution in [0.3, 0.4) is 0 Å². The fraction of sp³-hybridized carbons (Fsp3) is 0.632. The summed E-state index contributed by atoms with van der Waals surface area (Å²) in [6.07, 6.45) is 16.2. The monoisotopic (exact) mass is 630 g/mol. The second-order valence-electron chi connectivity index (χ2n) is 14.5. The summed E-state index contributed by atoms with van der Waals surface area (Å²) in [5.41, 5.74) is 3.96. The standard InChI is InChI=1S/C38H58N6O2/c1-41(2)33-23-19-31(20-24-33)39-37(45)43(35-11-7-5-8-12-35)27-29-15-17-30(18-16-29)28-44(36-13-9-6-10-14-36)38(46)40-32-21-25-34(26-22-32)42(3)4/h19-26,29-30,35-36H,5-18,27-28H2,1-4H3,(H,39,45)(H,40,46)/t29-,30-. The number of benzene rings is 2. The maximum atomic E-state index is 13.7. The Labute approximate surface area is 277 Å². The third-order valence-corrected chi connectivity index (χ3v) is 10.7. The molecule has 2 aromatic carbocycles. The molecule has 2 N–H and O–H groups in total. The fourth-order valence-corrected chi connectivity index (χ4v) is 7.81. The zero-order valence-corrected chi connectivity index (χ0v) is 28.8. The van der Waals surface area contributed by atoms with Gasteiger partial charge in [-0.25, -0.2) is 9.59 Å². The lowest BCUT2D eigenvalue weighted by Crippen LogP contribution is -2.48. The van der Waals surface area contributed by atoms with Crippen LogP contribution >= 0.6 is 0 Å². The van der Waals surface area contributed by atoms with E-state index in [0.717, 1.165) is 87.2 Å². The van der Waals surface area contributed by atoms with Crippen LogP contribution in [0.1, 0.15) is 89.9 Å². The number of nitrogens with one attached hydrogen (secondary N) is 2. The normalized spacial score (nSPS) is 20.9. The summed E-state index contributed by atoms with van der Waals surface area (Å²) in [5, 5.41) is 6.44. The molecular formula is C38H58N6O2. The van der Waals surface area contributed by atoms with Gasteiger partial charge in [0.05, 0.1) is 0 Å². The molecule has 0 spiro atoms. The summed E-state index contributed by atoms with van der Waals surface area (Å²) in [7, 11) is 8.11. The van der Waals surface area contributed by atoms with Gasteiger partial charge < -0.3 is 30.2 Å². The van der Waals surface area contributed by atoms with Crippen molar-refractivity contribution in [3.63, 3.8) is 0 Å². The lowest BCUT2D eigenvalue weighted by molar-refractivity contribution is 0.117. The van der Waals surface area contributed by atoms with Gasteiger partial charge in [0.15, 0.2) is 0 Å². The molecule has 4 amide bonds. The summed E-state index contributed by atoms with van der Waals surface area (Å²) in [6, 6.07) is 17.0. The molecule has 0 aliphatic heterocycles. The molecule has 3 aliphatic rings. The molecule has 46 heavy (non-hydrogen) atoms. The fourth-order valence-electron chi connectivity index (χ4n) is 7.81. The van der Waals surface area contributed by atoms with Crippen molar-refractivity contribution >= 4 is 34.8 Å². The second kappa shape index (κ2) is 16.4. The topological polar surface area (TPSA) is 71.2 Å². The third-order valence-electron chi connectivity index (χ3n) is 10.7. The van der Waals surface area contributed by atoms with Crippen molar-refractivity contribution in [3.8, 4) is 0 Å². The molecule has 0 bridgehead atoms. The molecule has 252 valence electrons. The molecule has 3 fully saturated rings. The predicted octanol–water partition coefficient (Wildman–Crippen LogP) is 8.66. The number of rotatable bonds is 10. The van der Waals surface area contributed by atoms with E-state index in [0.29, 0.717) is 23.9 Å². The minimum Gasteiger partial charge on any atom is -0.378 e. The number of urea groups is 2. The first kappa shape index (κ1) is 33.9. The number of carbonyl (C=O) groups is 2. The van der Waals surface area contributed by atoms with Crippen molar-refractivity contribution < 1.29 is 9.59 Å². The molecular weight excluding hydrogens is 572 g/mol. The van der Waals surface area contributed by atoms with Gasteiger partial charge in [-0.2, -0.15) is 0 Å². The molecule has 0 atom stereocenters. The molecule has 0 radical (unpaired) electrons. The van der Waals surface area contributed by atoms with Gasteiger partial charge in [-0.3, -0.25) is 0 Å². The minimum absolute atomic E-state index is 0.0467. The van der Waals surface area contributed by atoms with Gasteiger partial charge in [0, 0.05) is 76.1 Å². The lowest BCUT2D eigenvalue weighted by Gasteiger charge is -2.40. The summed E-state index contributed by atoms with van der Waals surface area (Å²) in [4.78, 5) is 35.9. The van der Waals surface area contributed by atoms with Crippen molar-refractivity contribution in [2.75, 3.05) is 61.7 Å². The summed E-state index contributed by atoms with van der Waals surface area (Å²) >= 11 is 0. The van der Waals surface area contributed by atoms with Gasteiger partial charge in [-0.05, 0) is 112 Å². The maximum absolute atomic E-state index is 13.7. The third kappa shape index (κ3) is 9.32. The van der Waals surface area contributed by atoms with Crippen LogP contribution in [0.25, 0.3) is 0 Å². The van der Waals surface area contributed by atoms with Crippen LogP contribution < -0.4 is 20.4 Å². The van der Waals surface area contributed by atoms with Gasteiger partial charge in [-0.1, -0.05) is 38.5 Å². The SMILES string of the molecule is CN(C)c1ccc(NC(=O)N(C[C@H]2CC[C@H](CN(C(=O)Nc3ccc(N(C)C)cc3)C3CCCCC3)CC2)C2CCCCC2)cc1. The Morgan fingerprint density at radius 2 is 0.848 bits per heavy atom. The highest BCUT2D eigenvalue weighted by atomic mass is 16.2. The van der Waals surface area contributed by atoms with E-state index in [9.17, 15) is 9.59 Å². The van der Waals surface area contributed by atoms with E-state index in [2.05, 4.69) is 54.5 Å². The Morgan fingerprint density at radius 3 is 1.15 bits per heavy atom. The smallest absolute Gasteiger partial charge is 0.322 e. The number of amides is 4.